The largest absolute Gasteiger partial charge is 0.283 e. The normalized spacial score (nSPS) is 12.8. The van der Waals surface area contributed by atoms with E-state index in [0.717, 1.165) is 0 Å². The third-order valence-electron chi connectivity index (χ3n) is 3.06. The van der Waals surface area contributed by atoms with Crippen LogP contribution >= 0.6 is 0 Å². The van der Waals surface area contributed by atoms with Gasteiger partial charge >= 0.3 is 0 Å². The van der Waals surface area contributed by atoms with Crippen LogP contribution in [0, 0.1) is 0 Å². The van der Waals surface area contributed by atoms with E-state index < -0.39 is 25.6 Å². The van der Waals surface area contributed by atoms with E-state index in [4.69, 9.17) is 0 Å². The molecule has 0 aromatic heterocycles. The Morgan fingerprint density at radius 3 is 2.12 bits per heavy atom. The first-order valence-electron chi connectivity index (χ1n) is 7.65. The third kappa shape index (κ3) is 6.15. The van der Waals surface area contributed by atoms with Gasteiger partial charge in [0.1, 0.15) is 0 Å². The summed E-state index contributed by atoms with van der Waals surface area (Å²) in [6.07, 6.45) is 0. The smallest absolute Gasteiger partial charge is 0.241 e. The summed E-state index contributed by atoms with van der Waals surface area (Å²) in [7, 11) is -7.39. The van der Waals surface area contributed by atoms with Crippen LogP contribution in [0.1, 0.15) is 26.3 Å². The molecule has 0 amide bonds. The maximum absolute atomic E-state index is 12.4. The second-order valence-electron chi connectivity index (χ2n) is 6.73. The van der Waals surface area contributed by atoms with Gasteiger partial charge in [-0.05, 0) is 44.5 Å². The Morgan fingerprint density at radius 2 is 1.52 bits per heavy atom. The molecule has 2 N–H and O–H groups in total. The number of hydrogen-bond acceptors (Lipinski definition) is 4. The van der Waals surface area contributed by atoms with E-state index in [9.17, 15) is 16.8 Å². The molecule has 6 nitrogen and oxygen atoms in total. The monoisotopic (exact) mass is 382 g/mol. The highest BCUT2D eigenvalue weighted by molar-refractivity contribution is 7.92. The Balaban J connectivity index is 2.22. The third-order valence-corrected chi connectivity index (χ3v) is 6.07. The molecule has 8 heteroatoms. The van der Waals surface area contributed by atoms with Crippen molar-refractivity contribution in [1.29, 1.82) is 0 Å². The maximum Gasteiger partial charge on any atom is 0.241 e. The molecule has 2 aromatic rings. The first-order chi connectivity index (χ1) is 11.5. The molecule has 0 saturated carbocycles. The standard InChI is InChI=1S/C17H22N2O4S2/c1-17(2,3)19-25(22,23)16-11-7-10-15(12-16)18-24(20,21)13-14-8-5-4-6-9-14/h4-12,18-19H,13H2,1-3H3. The van der Waals surface area contributed by atoms with Crippen molar-refractivity contribution in [3.63, 3.8) is 0 Å². The number of benzene rings is 2. The minimum atomic E-state index is -3.74. The van der Waals surface area contributed by atoms with E-state index in [1.54, 1.807) is 51.1 Å². The van der Waals surface area contributed by atoms with Crippen LogP contribution in [0.4, 0.5) is 5.69 Å². The fourth-order valence-corrected chi connectivity index (χ4v) is 4.85. The van der Waals surface area contributed by atoms with Gasteiger partial charge in [-0.2, -0.15) is 0 Å². The second-order valence-corrected chi connectivity index (χ2v) is 10.1. The summed E-state index contributed by atoms with van der Waals surface area (Å²) in [6.45, 7) is 5.20. The van der Waals surface area contributed by atoms with Crippen LogP contribution in [0.2, 0.25) is 0 Å². The Labute approximate surface area is 149 Å². The maximum atomic E-state index is 12.4. The summed E-state index contributed by atoms with van der Waals surface area (Å²) in [5.41, 5.74) is 0.211. The van der Waals surface area contributed by atoms with Crippen molar-refractivity contribution in [3.05, 3.63) is 60.2 Å². The molecule has 0 aliphatic rings. The van der Waals surface area contributed by atoms with Gasteiger partial charge in [-0.1, -0.05) is 36.4 Å². The molecule has 2 rings (SSSR count). The fourth-order valence-electron chi connectivity index (χ4n) is 2.20. The minimum Gasteiger partial charge on any atom is -0.283 e. The Bertz CT molecular complexity index is 932. The van der Waals surface area contributed by atoms with Gasteiger partial charge in [0.2, 0.25) is 20.0 Å². The molecule has 0 heterocycles. The van der Waals surface area contributed by atoms with Crippen LogP contribution in [-0.2, 0) is 25.8 Å². The van der Waals surface area contributed by atoms with E-state index in [0.29, 0.717) is 5.56 Å². The first-order valence-corrected chi connectivity index (χ1v) is 10.8. The summed E-state index contributed by atoms with van der Waals surface area (Å²) in [5, 5.41) is 0. The Morgan fingerprint density at radius 1 is 0.880 bits per heavy atom. The highest BCUT2D eigenvalue weighted by Crippen LogP contribution is 2.19. The molecular formula is C17H22N2O4S2. The van der Waals surface area contributed by atoms with Gasteiger partial charge in [0.25, 0.3) is 0 Å². The molecule has 0 aliphatic heterocycles. The van der Waals surface area contributed by atoms with Crippen LogP contribution in [0.25, 0.3) is 0 Å². The van der Waals surface area contributed by atoms with Crippen LogP contribution in [0.15, 0.2) is 59.5 Å². The van der Waals surface area contributed by atoms with Crippen molar-refractivity contribution in [2.24, 2.45) is 0 Å². The molecule has 25 heavy (non-hydrogen) atoms. The first kappa shape index (κ1) is 19.4. The highest BCUT2D eigenvalue weighted by atomic mass is 32.2. The summed E-state index contributed by atoms with van der Waals surface area (Å²) < 4.78 is 54.3. The molecule has 0 spiro atoms. The Hall–Kier alpha value is -1.90. The predicted molar refractivity (Wildman–Crippen MR) is 99.2 cm³/mol. The predicted octanol–water partition coefficient (Wildman–Crippen LogP) is 2.71. The van der Waals surface area contributed by atoms with Crippen LogP contribution in [0.5, 0.6) is 0 Å². The van der Waals surface area contributed by atoms with Gasteiger partial charge < -0.3 is 0 Å². The lowest BCUT2D eigenvalue weighted by Gasteiger charge is -2.20. The molecule has 0 aliphatic carbocycles. The van der Waals surface area contributed by atoms with Crippen LogP contribution < -0.4 is 9.44 Å². The molecule has 0 atom stereocenters. The van der Waals surface area contributed by atoms with Crippen molar-refractivity contribution in [3.8, 4) is 0 Å². The van der Waals surface area contributed by atoms with Gasteiger partial charge in [0.15, 0.2) is 0 Å². The molecule has 0 bridgehead atoms. The molecule has 136 valence electrons. The zero-order chi connectivity index (χ0) is 18.7. The topological polar surface area (TPSA) is 92.3 Å². The van der Waals surface area contributed by atoms with E-state index in [-0.39, 0.29) is 16.3 Å². The van der Waals surface area contributed by atoms with Gasteiger partial charge in [-0.3, -0.25) is 4.72 Å². The number of rotatable bonds is 6. The van der Waals surface area contributed by atoms with Crippen LogP contribution in [-0.4, -0.2) is 22.4 Å². The van der Waals surface area contributed by atoms with Crippen molar-refractivity contribution < 1.29 is 16.8 Å². The van der Waals surface area contributed by atoms with E-state index in [2.05, 4.69) is 9.44 Å². The lowest BCUT2D eigenvalue weighted by Crippen LogP contribution is -2.40. The summed E-state index contributed by atoms with van der Waals surface area (Å²) in [5.74, 6) is -0.189. The van der Waals surface area contributed by atoms with Crippen molar-refractivity contribution in [2.45, 2.75) is 37.0 Å². The number of anilines is 1. The lowest BCUT2D eigenvalue weighted by atomic mass is 10.1. The molecular weight excluding hydrogens is 360 g/mol. The van der Waals surface area contributed by atoms with Gasteiger partial charge in [0.05, 0.1) is 10.6 Å². The molecule has 0 radical (unpaired) electrons. The number of sulfonamides is 2. The van der Waals surface area contributed by atoms with E-state index in [1.165, 1.54) is 24.3 Å². The molecule has 0 fully saturated rings. The highest BCUT2D eigenvalue weighted by Gasteiger charge is 2.22. The number of nitrogens with one attached hydrogen (secondary N) is 2. The Kier molecular flexibility index (Phi) is 5.55. The zero-order valence-electron chi connectivity index (χ0n) is 14.4. The summed E-state index contributed by atoms with van der Waals surface area (Å²) >= 11 is 0. The SMILES string of the molecule is CC(C)(C)NS(=O)(=O)c1cccc(NS(=O)(=O)Cc2ccccc2)c1. The van der Waals surface area contributed by atoms with Crippen molar-refractivity contribution in [1.82, 2.24) is 4.72 Å². The average Bonchev–Trinajstić information content (AvgIpc) is 2.45. The zero-order valence-corrected chi connectivity index (χ0v) is 16.0. The van der Waals surface area contributed by atoms with E-state index >= 15 is 0 Å². The summed E-state index contributed by atoms with van der Waals surface area (Å²) in [4.78, 5) is 0.00216. The molecule has 2 aromatic carbocycles. The van der Waals surface area contributed by atoms with Gasteiger partial charge in [0, 0.05) is 11.2 Å². The fraction of sp³-hybridized carbons (Fsp3) is 0.294. The van der Waals surface area contributed by atoms with Crippen molar-refractivity contribution >= 4 is 25.7 Å². The second kappa shape index (κ2) is 7.15. The van der Waals surface area contributed by atoms with Crippen molar-refractivity contribution in [2.75, 3.05) is 4.72 Å². The lowest BCUT2D eigenvalue weighted by molar-refractivity contribution is 0.491. The van der Waals surface area contributed by atoms with E-state index in [1.807, 2.05) is 0 Å². The summed E-state index contributed by atoms with van der Waals surface area (Å²) in [6, 6.07) is 14.5. The average molecular weight is 383 g/mol. The molecule has 0 unspecified atom stereocenters. The molecule has 0 saturated heterocycles. The van der Waals surface area contributed by atoms with Gasteiger partial charge in [-0.25, -0.2) is 21.6 Å². The van der Waals surface area contributed by atoms with Crippen LogP contribution in [0.3, 0.4) is 0 Å². The number of hydrogen-bond donors (Lipinski definition) is 2. The quantitative estimate of drug-likeness (QED) is 0.803. The minimum absolute atomic E-state index is 0.00216. The van der Waals surface area contributed by atoms with Gasteiger partial charge in [-0.15, -0.1) is 0 Å².